The lowest BCUT2D eigenvalue weighted by Crippen LogP contribution is -2.23. The van der Waals surface area contributed by atoms with Crippen LogP contribution in [-0.4, -0.2) is 34.8 Å². The molecule has 26 heavy (non-hydrogen) atoms. The van der Waals surface area contributed by atoms with Gasteiger partial charge >= 0.3 is 0 Å². The molecule has 0 radical (unpaired) electrons. The number of rotatable bonds is 6. The normalized spacial score (nSPS) is 11.3. The Morgan fingerprint density at radius 3 is 2.54 bits per heavy atom. The minimum atomic E-state index is -3.76. The fraction of sp³-hybridized carbons (Fsp3) is 0.118. The number of halogens is 1. The lowest BCUT2D eigenvalue weighted by molar-refractivity contribution is -0.113. The van der Waals surface area contributed by atoms with E-state index in [9.17, 15) is 13.2 Å². The van der Waals surface area contributed by atoms with E-state index in [1.165, 1.54) is 30.6 Å². The second kappa shape index (κ2) is 7.67. The highest BCUT2D eigenvalue weighted by molar-refractivity contribution is 7.92. The van der Waals surface area contributed by atoms with Crippen LogP contribution < -0.4 is 5.32 Å². The van der Waals surface area contributed by atoms with Crippen molar-refractivity contribution in [3.63, 3.8) is 0 Å². The van der Waals surface area contributed by atoms with Crippen molar-refractivity contribution in [1.82, 2.24) is 14.8 Å². The molecule has 0 aliphatic heterocycles. The Morgan fingerprint density at radius 2 is 1.85 bits per heavy atom. The van der Waals surface area contributed by atoms with E-state index in [1.54, 1.807) is 23.1 Å². The number of sulfone groups is 1. The van der Waals surface area contributed by atoms with Gasteiger partial charge in [0, 0.05) is 10.7 Å². The molecule has 3 aromatic rings. The molecule has 1 heterocycles. The highest BCUT2D eigenvalue weighted by Gasteiger charge is 2.20. The summed E-state index contributed by atoms with van der Waals surface area (Å²) in [6.45, 7) is 0.403. The standard InChI is InChI=1S/C17H15ClN4O3S/c18-14-5-7-15(8-6-14)26(24,25)10-17(23)21-16-4-2-1-3-13(16)9-22-12-19-11-20-22/h1-8,11-12H,9-10H2,(H,21,23). The molecule has 7 nitrogen and oxygen atoms in total. The fourth-order valence-corrected chi connectivity index (χ4v) is 3.61. The van der Waals surface area contributed by atoms with E-state index in [0.717, 1.165) is 5.56 Å². The van der Waals surface area contributed by atoms with Crippen LogP contribution in [0, 0.1) is 0 Å². The largest absolute Gasteiger partial charge is 0.325 e. The van der Waals surface area contributed by atoms with E-state index in [4.69, 9.17) is 11.6 Å². The predicted octanol–water partition coefficient (Wildman–Crippen LogP) is 2.39. The quantitative estimate of drug-likeness (QED) is 0.697. The minimum absolute atomic E-state index is 0.0490. The third-order valence-electron chi connectivity index (χ3n) is 3.58. The Morgan fingerprint density at radius 1 is 1.12 bits per heavy atom. The molecule has 0 aliphatic rings. The summed E-state index contributed by atoms with van der Waals surface area (Å²) >= 11 is 5.76. The highest BCUT2D eigenvalue weighted by Crippen LogP contribution is 2.18. The molecule has 134 valence electrons. The number of carbonyl (C=O) groups is 1. The van der Waals surface area contributed by atoms with Crippen LogP contribution in [0.1, 0.15) is 5.56 Å². The summed E-state index contributed by atoms with van der Waals surface area (Å²) in [5, 5.41) is 7.11. The second-order valence-corrected chi connectivity index (χ2v) is 7.94. The van der Waals surface area contributed by atoms with Gasteiger partial charge in [0.2, 0.25) is 5.91 Å². The van der Waals surface area contributed by atoms with Gasteiger partial charge in [0.05, 0.1) is 11.4 Å². The van der Waals surface area contributed by atoms with Crippen LogP contribution in [-0.2, 0) is 21.2 Å². The van der Waals surface area contributed by atoms with Crippen molar-refractivity contribution < 1.29 is 13.2 Å². The number of anilines is 1. The lowest BCUT2D eigenvalue weighted by atomic mass is 10.2. The summed E-state index contributed by atoms with van der Waals surface area (Å²) < 4.78 is 26.3. The number of nitrogens with zero attached hydrogens (tertiary/aromatic N) is 3. The fourth-order valence-electron chi connectivity index (χ4n) is 2.35. The number of benzene rings is 2. The first-order valence-corrected chi connectivity index (χ1v) is 9.65. The number of amides is 1. The molecule has 3 rings (SSSR count). The van der Waals surface area contributed by atoms with Gasteiger partial charge in [-0.25, -0.2) is 18.1 Å². The molecule has 0 atom stereocenters. The minimum Gasteiger partial charge on any atom is -0.325 e. The maximum absolute atomic E-state index is 12.4. The molecule has 1 aromatic heterocycles. The third-order valence-corrected chi connectivity index (χ3v) is 5.47. The van der Waals surface area contributed by atoms with Gasteiger partial charge in [-0.2, -0.15) is 5.10 Å². The molecule has 1 amide bonds. The number of hydrogen-bond acceptors (Lipinski definition) is 5. The van der Waals surface area contributed by atoms with E-state index in [1.807, 2.05) is 12.1 Å². The molecule has 0 unspecified atom stereocenters. The van der Waals surface area contributed by atoms with Gasteiger partial charge in [-0.15, -0.1) is 0 Å². The summed E-state index contributed by atoms with van der Waals surface area (Å²) in [4.78, 5) is 16.2. The average molecular weight is 391 g/mol. The molecule has 1 N–H and O–H groups in total. The zero-order chi connectivity index (χ0) is 18.6. The molecular formula is C17H15ClN4O3S. The van der Waals surface area contributed by atoms with Crippen molar-refractivity contribution in [2.75, 3.05) is 11.1 Å². The molecule has 0 fully saturated rings. The van der Waals surface area contributed by atoms with Crippen molar-refractivity contribution in [3.05, 3.63) is 71.8 Å². The van der Waals surface area contributed by atoms with Crippen LogP contribution in [0.25, 0.3) is 0 Å². The van der Waals surface area contributed by atoms with Gasteiger partial charge in [0.15, 0.2) is 9.84 Å². The Balaban J connectivity index is 1.73. The lowest BCUT2D eigenvalue weighted by Gasteiger charge is -2.11. The Kier molecular flexibility index (Phi) is 5.34. The Labute approximate surface area is 155 Å². The maximum atomic E-state index is 12.4. The van der Waals surface area contributed by atoms with Crippen molar-refractivity contribution >= 4 is 33.0 Å². The zero-order valence-corrected chi connectivity index (χ0v) is 15.1. The van der Waals surface area contributed by atoms with Crippen LogP contribution in [0.5, 0.6) is 0 Å². The number of para-hydroxylation sites is 1. The van der Waals surface area contributed by atoms with Crippen LogP contribution in [0.4, 0.5) is 5.69 Å². The summed E-state index contributed by atoms with van der Waals surface area (Å²) in [5.41, 5.74) is 1.31. The Bertz CT molecular complexity index is 1000. The average Bonchev–Trinajstić information content (AvgIpc) is 3.09. The van der Waals surface area contributed by atoms with Crippen molar-refractivity contribution in [2.45, 2.75) is 11.4 Å². The van der Waals surface area contributed by atoms with Crippen LogP contribution in [0.15, 0.2) is 66.1 Å². The summed E-state index contributed by atoms with van der Waals surface area (Å²) in [5.74, 6) is -1.28. The maximum Gasteiger partial charge on any atom is 0.239 e. The molecule has 0 saturated carbocycles. The molecule has 0 aliphatic carbocycles. The summed E-state index contributed by atoms with van der Waals surface area (Å²) in [6, 6.07) is 12.8. The van der Waals surface area contributed by atoms with Crippen molar-refractivity contribution in [3.8, 4) is 0 Å². The van der Waals surface area contributed by atoms with E-state index in [-0.39, 0.29) is 4.90 Å². The van der Waals surface area contributed by atoms with Gasteiger partial charge in [-0.3, -0.25) is 4.79 Å². The molecule has 0 bridgehead atoms. The molecular weight excluding hydrogens is 376 g/mol. The first kappa shape index (κ1) is 18.1. The monoisotopic (exact) mass is 390 g/mol. The third kappa shape index (κ3) is 4.47. The summed E-state index contributed by atoms with van der Waals surface area (Å²) in [6.07, 6.45) is 2.98. The zero-order valence-electron chi connectivity index (χ0n) is 13.5. The van der Waals surface area contributed by atoms with Gasteiger partial charge < -0.3 is 5.32 Å². The van der Waals surface area contributed by atoms with Crippen LogP contribution in [0.2, 0.25) is 5.02 Å². The van der Waals surface area contributed by atoms with E-state index >= 15 is 0 Å². The van der Waals surface area contributed by atoms with Gasteiger partial charge in [-0.05, 0) is 35.9 Å². The first-order valence-electron chi connectivity index (χ1n) is 7.62. The van der Waals surface area contributed by atoms with Crippen molar-refractivity contribution in [1.29, 1.82) is 0 Å². The molecule has 0 saturated heterocycles. The molecule has 0 spiro atoms. The Hall–Kier alpha value is -2.71. The van der Waals surface area contributed by atoms with Crippen LogP contribution >= 0.6 is 11.6 Å². The predicted molar refractivity (Wildman–Crippen MR) is 97.7 cm³/mol. The smallest absolute Gasteiger partial charge is 0.239 e. The number of carbonyl (C=O) groups excluding carboxylic acids is 1. The SMILES string of the molecule is O=C(CS(=O)(=O)c1ccc(Cl)cc1)Nc1ccccc1Cn1cncn1. The van der Waals surface area contributed by atoms with E-state index < -0.39 is 21.5 Å². The molecule has 2 aromatic carbocycles. The first-order chi connectivity index (χ1) is 12.4. The number of aromatic nitrogens is 3. The van der Waals surface area contributed by atoms with E-state index in [2.05, 4.69) is 15.4 Å². The number of nitrogens with one attached hydrogen (secondary N) is 1. The second-order valence-electron chi connectivity index (χ2n) is 5.51. The van der Waals surface area contributed by atoms with Gasteiger partial charge in [0.25, 0.3) is 0 Å². The summed E-state index contributed by atoms with van der Waals surface area (Å²) in [7, 11) is -3.76. The van der Waals surface area contributed by atoms with Gasteiger partial charge in [-0.1, -0.05) is 29.8 Å². The van der Waals surface area contributed by atoms with Crippen molar-refractivity contribution in [2.24, 2.45) is 0 Å². The highest BCUT2D eigenvalue weighted by atomic mass is 35.5. The number of hydrogen-bond donors (Lipinski definition) is 1. The van der Waals surface area contributed by atoms with Crippen LogP contribution in [0.3, 0.4) is 0 Å². The topological polar surface area (TPSA) is 94.0 Å². The van der Waals surface area contributed by atoms with Gasteiger partial charge in [0.1, 0.15) is 18.4 Å². The molecule has 9 heteroatoms. The van der Waals surface area contributed by atoms with E-state index in [0.29, 0.717) is 17.3 Å².